The van der Waals surface area contributed by atoms with Gasteiger partial charge >= 0.3 is 5.97 Å². The molecule has 3 nitrogen and oxygen atoms in total. The first-order valence-corrected chi connectivity index (χ1v) is 5.02. The predicted octanol–water partition coefficient (Wildman–Crippen LogP) is 2.30. The molecule has 0 radical (unpaired) electrons. The smallest absolute Gasteiger partial charge is 0.316 e. The molecule has 0 spiro atoms. The van der Waals surface area contributed by atoms with Crippen LogP contribution in [0.1, 0.15) is 19.8 Å². The van der Waals surface area contributed by atoms with Crippen LogP contribution in [0.15, 0.2) is 24.3 Å². The van der Waals surface area contributed by atoms with Gasteiger partial charge in [-0.25, -0.2) is 4.39 Å². The quantitative estimate of drug-likeness (QED) is 0.714. The lowest BCUT2D eigenvalue weighted by Crippen LogP contribution is -2.39. The van der Waals surface area contributed by atoms with E-state index in [-0.39, 0.29) is 6.61 Å². The zero-order valence-electron chi connectivity index (χ0n) is 8.65. The number of allylic oxidation sites excluding steroid dienone is 2. The van der Waals surface area contributed by atoms with Crippen LogP contribution in [-0.4, -0.2) is 23.5 Å². The summed E-state index contributed by atoms with van der Waals surface area (Å²) < 4.78 is 19.1. The normalized spacial score (nSPS) is 29.3. The van der Waals surface area contributed by atoms with Gasteiger partial charge in [0, 0.05) is 0 Å². The van der Waals surface area contributed by atoms with Crippen LogP contribution in [0.2, 0.25) is 0 Å². The van der Waals surface area contributed by atoms with Crippen molar-refractivity contribution in [2.24, 2.45) is 5.92 Å². The number of rotatable bonds is 5. The van der Waals surface area contributed by atoms with Crippen molar-refractivity contribution in [3.8, 4) is 0 Å². The molecule has 2 atom stereocenters. The van der Waals surface area contributed by atoms with Crippen molar-refractivity contribution in [2.45, 2.75) is 25.6 Å². The van der Waals surface area contributed by atoms with Crippen LogP contribution < -0.4 is 0 Å². The van der Waals surface area contributed by atoms with Crippen molar-refractivity contribution in [3.05, 3.63) is 24.3 Å². The highest BCUT2D eigenvalue weighted by molar-refractivity contribution is 5.74. The number of carbonyl (C=O) groups is 1. The Morgan fingerprint density at radius 3 is 2.93 bits per heavy atom. The molecule has 0 aromatic heterocycles. The van der Waals surface area contributed by atoms with Crippen molar-refractivity contribution in [2.75, 3.05) is 6.61 Å². The molecule has 0 aliphatic heterocycles. The zero-order valence-corrected chi connectivity index (χ0v) is 8.65. The van der Waals surface area contributed by atoms with Gasteiger partial charge in [0.1, 0.15) is 5.92 Å². The number of hydrogen-bond donors (Lipinski definition) is 1. The fourth-order valence-corrected chi connectivity index (χ4v) is 1.36. The largest absolute Gasteiger partial charge is 0.481 e. The van der Waals surface area contributed by atoms with E-state index in [1.807, 2.05) is 6.92 Å². The fourth-order valence-electron chi connectivity index (χ4n) is 1.36. The molecular formula is C11H15FO3. The molecule has 0 saturated carbocycles. The highest BCUT2D eigenvalue weighted by Crippen LogP contribution is 2.30. The number of alkyl halides is 1. The number of carboxylic acid groups (broad SMARTS) is 1. The van der Waals surface area contributed by atoms with Crippen LogP contribution in [0, 0.1) is 5.92 Å². The summed E-state index contributed by atoms with van der Waals surface area (Å²) in [6.07, 6.45) is 7.03. The molecule has 84 valence electrons. The van der Waals surface area contributed by atoms with Gasteiger partial charge in [-0.1, -0.05) is 31.6 Å². The lowest BCUT2D eigenvalue weighted by molar-refractivity contribution is -0.169. The van der Waals surface area contributed by atoms with Crippen molar-refractivity contribution in [3.63, 3.8) is 0 Å². The third kappa shape index (κ3) is 2.89. The average molecular weight is 214 g/mol. The van der Waals surface area contributed by atoms with Crippen LogP contribution in [0.5, 0.6) is 0 Å². The van der Waals surface area contributed by atoms with E-state index >= 15 is 0 Å². The van der Waals surface area contributed by atoms with Gasteiger partial charge in [-0.3, -0.25) is 4.79 Å². The summed E-state index contributed by atoms with van der Waals surface area (Å²) >= 11 is 0. The Labute approximate surface area is 88.2 Å². The highest BCUT2D eigenvalue weighted by atomic mass is 19.2. The minimum absolute atomic E-state index is 0.231. The third-order valence-electron chi connectivity index (χ3n) is 2.25. The number of unbranched alkanes of at least 4 members (excludes halogenated alkanes) is 1. The maximum Gasteiger partial charge on any atom is 0.316 e. The van der Waals surface area contributed by atoms with Crippen LogP contribution in [-0.2, 0) is 9.53 Å². The summed E-state index contributed by atoms with van der Waals surface area (Å²) in [5.41, 5.74) is 0. The summed E-state index contributed by atoms with van der Waals surface area (Å²) in [7, 11) is 0. The second kappa shape index (κ2) is 5.07. The van der Waals surface area contributed by atoms with E-state index in [2.05, 4.69) is 0 Å². The van der Waals surface area contributed by atoms with E-state index < -0.39 is 17.7 Å². The first kappa shape index (κ1) is 11.9. The van der Waals surface area contributed by atoms with Crippen molar-refractivity contribution in [1.29, 1.82) is 0 Å². The lowest BCUT2D eigenvalue weighted by Gasteiger charge is -2.28. The summed E-state index contributed by atoms with van der Waals surface area (Å²) in [5.74, 6) is -4.66. The summed E-state index contributed by atoms with van der Waals surface area (Å²) in [6.45, 7) is 2.19. The van der Waals surface area contributed by atoms with E-state index in [0.717, 1.165) is 18.9 Å². The van der Waals surface area contributed by atoms with Gasteiger partial charge in [-0.15, -0.1) is 0 Å². The minimum atomic E-state index is -2.20. The number of aliphatic carboxylic acids is 1. The third-order valence-corrected chi connectivity index (χ3v) is 2.25. The number of hydrogen-bond acceptors (Lipinski definition) is 2. The van der Waals surface area contributed by atoms with Crippen molar-refractivity contribution in [1.82, 2.24) is 0 Å². The predicted molar refractivity (Wildman–Crippen MR) is 54.1 cm³/mol. The fraction of sp³-hybridized carbons (Fsp3) is 0.545. The molecule has 0 bridgehead atoms. The van der Waals surface area contributed by atoms with Crippen molar-refractivity contribution >= 4 is 5.97 Å². The summed E-state index contributed by atoms with van der Waals surface area (Å²) in [4.78, 5) is 10.8. The molecule has 15 heavy (non-hydrogen) atoms. The Bertz CT molecular complexity index is 286. The number of ether oxygens (including phenoxy) is 1. The van der Waals surface area contributed by atoms with Gasteiger partial charge in [0.15, 0.2) is 0 Å². The highest BCUT2D eigenvalue weighted by Gasteiger charge is 2.42. The molecule has 0 fully saturated rings. The Morgan fingerprint density at radius 2 is 2.33 bits per heavy atom. The average Bonchev–Trinajstić information content (AvgIpc) is 2.18. The van der Waals surface area contributed by atoms with E-state index in [9.17, 15) is 9.18 Å². The van der Waals surface area contributed by atoms with Gasteiger partial charge in [-0.2, -0.15) is 0 Å². The second-order valence-electron chi connectivity index (χ2n) is 3.46. The SMILES string of the molecule is CCCCO[C@]1(F)C=CC=CC1C(=O)O. The molecule has 0 heterocycles. The first-order chi connectivity index (χ1) is 7.10. The maximum absolute atomic E-state index is 14.1. The summed E-state index contributed by atoms with van der Waals surface area (Å²) in [5, 5.41) is 8.83. The van der Waals surface area contributed by atoms with Gasteiger partial charge < -0.3 is 9.84 Å². The van der Waals surface area contributed by atoms with Gasteiger partial charge in [0.05, 0.1) is 6.61 Å². The van der Waals surface area contributed by atoms with E-state index in [1.165, 1.54) is 18.2 Å². The van der Waals surface area contributed by atoms with Crippen LogP contribution in [0.3, 0.4) is 0 Å². The van der Waals surface area contributed by atoms with E-state index in [4.69, 9.17) is 9.84 Å². The second-order valence-corrected chi connectivity index (χ2v) is 3.46. The Morgan fingerprint density at radius 1 is 1.60 bits per heavy atom. The van der Waals surface area contributed by atoms with Crippen molar-refractivity contribution < 1.29 is 19.0 Å². The van der Waals surface area contributed by atoms with Gasteiger partial charge in [0.25, 0.3) is 0 Å². The molecule has 1 unspecified atom stereocenters. The zero-order chi connectivity index (χ0) is 11.3. The Kier molecular flexibility index (Phi) is 4.03. The Hall–Kier alpha value is -1.16. The van der Waals surface area contributed by atoms with Crippen LogP contribution in [0.25, 0.3) is 0 Å². The number of halogens is 1. The Balaban J connectivity index is 2.66. The maximum atomic E-state index is 14.1. The lowest BCUT2D eigenvalue weighted by atomic mass is 9.95. The molecule has 4 heteroatoms. The molecule has 0 amide bonds. The molecule has 1 aliphatic carbocycles. The first-order valence-electron chi connectivity index (χ1n) is 5.02. The van der Waals surface area contributed by atoms with E-state index in [0.29, 0.717) is 0 Å². The number of carboxylic acids is 1. The van der Waals surface area contributed by atoms with Crippen LogP contribution in [0.4, 0.5) is 4.39 Å². The topological polar surface area (TPSA) is 46.5 Å². The van der Waals surface area contributed by atoms with Crippen LogP contribution >= 0.6 is 0 Å². The molecule has 0 saturated heterocycles. The molecule has 0 aromatic carbocycles. The molecule has 1 aliphatic rings. The molecule has 1 rings (SSSR count). The minimum Gasteiger partial charge on any atom is -0.481 e. The standard InChI is InChI=1S/C11H15FO3/c1-2-3-8-15-11(12)7-5-4-6-9(11)10(13)14/h4-7,9H,2-3,8H2,1H3,(H,13,14)/t9?,11-/m1/s1. The molecular weight excluding hydrogens is 199 g/mol. The van der Waals surface area contributed by atoms with Gasteiger partial charge in [-0.05, 0) is 12.5 Å². The van der Waals surface area contributed by atoms with E-state index in [1.54, 1.807) is 0 Å². The summed E-state index contributed by atoms with van der Waals surface area (Å²) in [6, 6.07) is 0. The monoisotopic (exact) mass is 214 g/mol. The van der Waals surface area contributed by atoms with Gasteiger partial charge in [0.2, 0.25) is 5.85 Å². The molecule has 0 aromatic rings. The molecule has 1 N–H and O–H groups in total.